The van der Waals surface area contributed by atoms with Crippen LogP contribution in [0.25, 0.3) is 0 Å². The van der Waals surface area contributed by atoms with Crippen molar-refractivity contribution in [2.75, 3.05) is 70.5 Å². The molecule has 3 heterocycles. The predicted octanol–water partition coefficient (Wildman–Crippen LogP) is 18.0. The zero-order chi connectivity index (χ0) is 69.3. The first kappa shape index (κ1) is 71.1. The molecule has 15 nitrogen and oxygen atoms in total. The minimum absolute atomic E-state index is 0.0793. The summed E-state index contributed by atoms with van der Waals surface area (Å²) in [6.45, 7) is 11.5. The zero-order valence-corrected chi connectivity index (χ0v) is 58.7. The molecule has 3 saturated heterocycles. The third kappa shape index (κ3) is 12.6. The van der Waals surface area contributed by atoms with Crippen molar-refractivity contribution < 1.29 is 43.9 Å². The topological polar surface area (TPSA) is 159 Å². The molecular weight excluding hydrogens is 1340 g/mol. The number of halogens is 6. The summed E-state index contributed by atoms with van der Waals surface area (Å²) in [5.74, 6) is 0. The first-order chi connectivity index (χ1) is 45.7. The summed E-state index contributed by atoms with van der Waals surface area (Å²) in [5.41, 5.74) is -0.821. The van der Waals surface area contributed by atoms with Gasteiger partial charge in [0.25, 0.3) is 0 Å². The van der Waals surface area contributed by atoms with E-state index in [1.54, 1.807) is 182 Å². The zero-order valence-electron chi connectivity index (χ0n) is 54.1. The van der Waals surface area contributed by atoms with Gasteiger partial charge in [0.2, 0.25) is 0 Å². The molecular formula is C75H72Cl6N6O9. The first-order valence-electron chi connectivity index (χ1n) is 30.5. The number of rotatable bonds is 15. The van der Waals surface area contributed by atoms with E-state index in [0.29, 0.717) is 81.0 Å². The van der Waals surface area contributed by atoms with Crippen molar-refractivity contribution in [3.05, 3.63) is 282 Å². The van der Waals surface area contributed by atoms with Crippen LogP contribution in [0.4, 0.5) is 48.5 Å². The van der Waals surface area contributed by atoms with Crippen molar-refractivity contribution in [3.63, 3.8) is 0 Å². The van der Waals surface area contributed by atoms with E-state index in [2.05, 4.69) is 0 Å². The Balaban J connectivity index is 0.000000157. The van der Waals surface area contributed by atoms with Gasteiger partial charge in [-0.05, 0) is 187 Å². The number of ether oxygens (including phenoxy) is 3. The fraction of sp³-hybridized carbons (Fsp3) is 0.240. The summed E-state index contributed by atoms with van der Waals surface area (Å²) < 4.78 is 16.7. The Bertz CT molecular complexity index is 3840. The van der Waals surface area contributed by atoms with Crippen molar-refractivity contribution in [1.29, 1.82) is 0 Å². The monoisotopic (exact) mass is 1410 g/mol. The molecule has 6 atom stereocenters. The maximum absolute atomic E-state index is 14.0. The number of methoxy groups -OCH3 is 3. The first-order valence-corrected chi connectivity index (χ1v) is 32.8. The lowest BCUT2D eigenvalue weighted by Crippen LogP contribution is -2.60. The Labute approximate surface area is 589 Å². The predicted molar refractivity (Wildman–Crippen MR) is 386 cm³/mol. The van der Waals surface area contributed by atoms with Crippen molar-refractivity contribution in [3.8, 4) is 0 Å². The second-order valence-electron chi connectivity index (χ2n) is 24.5. The highest BCUT2D eigenvalue weighted by Crippen LogP contribution is 2.55. The molecule has 3 aliphatic heterocycles. The van der Waals surface area contributed by atoms with Crippen LogP contribution in [0, 0.1) is 20.8 Å². The van der Waals surface area contributed by atoms with Crippen molar-refractivity contribution in [2.24, 2.45) is 0 Å². The van der Waals surface area contributed by atoms with Crippen molar-refractivity contribution in [2.45, 2.75) is 75.3 Å². The van der Waals surface area contributed by atoms with Crippen LogP contribution in [0.3, 0.4) is 0 Å². The number of hydrogen-bond acceptors (Lipinski definition) is 9. The quantitative estimate of drug-likeness (QED) is 0.0908. The molecule has 498 valence electrons. The number of amides is 6. The van der Waals surface area contributed by atoms with E-state index in [1.165, 1.54) is 14.7 Å². The molecule has 0 radical (unpaired) electrons. The molecule has 0 saturated carbocycles. The third-order valence-electron chi connectivity index (χ3n) is 17.9. The van der Waals surface area contributed by atoms with Crippen molar-refractivity contribution >= 4 is 122 Å². The van der Waals surface area contributed by atoms with Gasteiger partial charge in [0.05, 0.1) is 19.8 Å². The van der Waals surface area contributed by atoms with Gasteiger partial charge in [0.1, 0.15) is 16.6 Å². The second kappa shape index (κ2) is 28.4. The average Bonchev–Trinajstić information content (AvgIpc) is 1.55. The fourth-order valence-electron chi connectivity index (χ4n) is 13.4. The van der Waals surface area contributed by atoms with E-state index in [-0.39, 0.29) is 19.8 Å². The highest BCUT2D eigenvalue weighted by atomic mass is 35.5. The van der Waals surface area contributed by atoms with Gasteiger partial charge in [-0.2, -0.15) is 0 Å². The highest BCUT2D eigenvalue weighted by molar-refractivity contribution is 6.32. The van der Waals surface area contributed by atoms with Crippen LogP contribution in [-0.4, -0.2) is 91.2 Å². The van der Waals surface area contributed by atoms with Crippen LogP contribution in [0.2, 0.25) is 30.1 Å². The Kier molecular flexibility index (Phi) is 21.0. The summed E-state index contributed by atoms with van der Waals surface area (Å²) in [4.78, 5) is 51.0. The molecule has 12 rings (SSSR count). The van der Waals surface area contributed by atoms with Gasteiger partial charge in [-0.25, -0.2) is 14.4 Å². The van der Waals surface area contributed by atoms with E-state index >= 15 is 0 Å². The number of aliphatic hydroxyl groups is 3. The molecule has 21 heteroatoms. The molecule has 0 aliphatic carbocycles. The molecule has 0 spiro atoms. The lowest BCUT2D eigenvalue weighted by molar-refractivity contribution is -0.0411. The molecule has 3 fully saturated rings. The number of carbonyl (C=O) groups excluding carboxylic acids is 3. The molecule has 3 aliphatic rings. The Morgan fingerprint density at radius 2 is 0.479 bits per heavy atom. The molecule has 9 aromatic rings. The lowest BCUT2D eigenvalue weighted by Gasteiger charge is -2.44. The van der Waals surface area contributed by atoms with Crippen LogP contribution >= 0.6 is 69.6 Å². The van der Waals surface area contributed by atoms with Crippen LogP contribution in [0.15, 0.2) is 218 Å². The van der Waals surface area contributed by atoms with E-state index in [0.717, 1.165) is 16.7 Å². The SMILES string of the molecule is COC[C@@]1(C)N(c2ccc(Cl)cc2)C(=O)N(c2ccc(Cl)cc2)[C@]1(O)c1cccc(C)c1.COC[C@]1(C)N(c2ccc(Cl)cc2)C(=O)N(c2ccc(Cl)cc2)[C@@]1(O)c1cccc(C)c1.COC[C@]1(C)N(c2ccc(Cl)cc2)C(=O)N(c2ccc(Cl)cc2)[C@]1(O)c1cccc(C)c1. The van der Waals surface area contributed by atoms with E-state index in [4.69, 9.17) is 83.8 Å². The third-order valence-corrected chi connectivity index (χ3v) is 19.4. The lowest BCUT2D eigenvalue weighted by atomic mass is 9.82. The summed E-state index contributed by atoms with van der Waals surface area (Å²) in [6.07, 6.45) is 0. The number of benzene rings is 9. The van der Waals surface area contributed by atoms with E-state index < -0.39 is 51.9 Å². The van der Waals surface area contributed by atoms with Gasteiger partial charge < -0.3 is 29.5 Å². The summed E-state index contributed by atoms with van der Waals surface area (Å²) in [6, 6.07) is 62.7. The van der Waals surface area contributed by atoms with Gasteiger partial charge in [0, 0.05) is 102 Å². The average molecular weight is 1410 g/mol. The van der Waals surface area contributed by atoms with Gasteiger partial charge in [0.15, 0.2) is 17.2 Å². The highest BCUT2D eigenvalue weighted by Gasteiger charge is 2.69. The van der Waals surface area contributed by atoms with Gasteiger partial charge in [-0.15, -0.1) is 0 Å². The molecule has 9 aromatic carbocycles. The summed E-state index contributed by atoms with van der Waals surface area (Å²) in [5, 5.41) is 40.8. The van der Waals surface area contributed by atoms with Crippen LogP contribution in [0.1, 0.15) is 54.2 Å². The number of urea groups is 3. The second-order valence-corrected chi connectivity index (χ2v) is 27.1. The molecule has 0 aromatic heterocycles. The Morgan fingerprint density at radius 1 is 0.302 bits per heavy atom. The number of anilines is 6. The standard InChI is InChI=1S/3C25H24Cl2N2O3/c3*1-17-5-4-6-18(15-17)25(31)24(2,16-32-3)28(21-11-7-19(26)8-12-21)23(30)29(25)22-13-9-20(27)10-14-22/h3*4-15,31H,16H2,1-3H3/t2*24-,25+;24-,25-/m100/s1. The molecule has 0 bridgehead atoms. The number of carbonyl (C=O) groups is 3. The van der Waals surface area contributed by atoms with Crippen LogP contribution in [0.5, 0.6) is 0 Å². The largest absolute Gasteiger partial charge is 0.382 e. The molecule has 6 amide bonds. The minimum Gasteiger partial charge on any atom is -0.382 e. The Hall–Kier alpha value is -7.71. The minimum atomic E-state index is -1.75. The van der Waals surface area contributed by atoms with Gasteiger partial charge in [-0.3, -0.25) is 29.4 Å². The number of nitrogens with zero attached hydrogens (tertiary/aromatic N) is 6. The summed E-state index contributed by atoms with van der Waals surface area (Å²) >= 11 is 36.6. The van der Waals surface area contributed by atoms with Crippen LogP contribution in [-0.2, 0) is 31.4 Å². The molecule has 0 unspecified atom stereocenters. The van der Waals surface area contributed by atoms with E-state index in [1.807, 2.05) is 114 Å². The maximum atomic E-state index is 14.0. The summed E-state index contributed by atoms with van der Waals surface area (Å²) in [7, 11) is 4.66. The normalized spacial score (nSPS) is 23.1. The molecule has 96 heavy (non-hydrogen) atoms. The Morgan fingerprint density at radius 3 is 0.646 bits per heavy atom. The van der Waals surface area contributed by atoms with Crippen molar-refractivity contribution in [1.82, 2.24) is 0 Å². The van der Waals surface area contributed by atoms with Crippen LogP contribution < -0.4 is 29.4 Å². The smallest absolute Gasteiger partial charge is 0.332 e. The molecule has 3 N–H and O–H groups in total. The van der Waals surface area contributed by atoms with Gasteiger partial charge >= 0.3 is 18.1 Å². The maximum Gasteiger partial charge on any atom is 0.332 e. The number of aryl methyl sites for hydroxylation is 3. The van der Waals surface area contributed by atoms with E-state index in [9.17, 15) is 29.7 Å². The number of hydrogen-bond donors (Lipinski definition) is 3. The fourth-order valence-corrected chi connectivity index (χ4v) is 14.2. The van der Waals surface area contributed by atoms with Gasteiger partial charge in [-0.1, -0.05) is 159 Å².